The molecule has 2 atom stereocenters. The van der Waals surface area contributed by atoms with Gasteiger partial charge in [-0.25, -0.2) is 4.39 Å². The van der Waals surface area contributed by atoms with E-state index in [1.165, 1.54) is 6.07 Å². The Kier molecular flexibility index (Phi) is 5.48. The molecule has 2 aliphatic rings. The summed E-state index contributed by atoms with van der Waals surface area (Å²) >= 11 is 0. The van der Waals surface area contributed by atoms with Crippen molar-refractivity contribution in [1.82, 2.24) is 10.2 Å². The lowest BCUT2D eigenvalue weighted by molar-refractivity contribution is -0.155. The predicted octanol–water partition coefficient (Wildman–Crippen LogP) is 2.47. The van der Waals surface area contributed by atoms with E-state index in [0.29, 0.717) is 24.4 Å². The molecule has 0 bridgehead atoms. The van der Waals surface area contributed by atoms with Gasteiger partial charge in [0.15, 0.2) is 0 Å². The number of carbonyl (C=O) groups excluding carboxylic acids is 2. The molecule has 27 heavy (non-hydrogen) atoms. The number of hydrogen-bond acceptors (Lipinski definition) is 4. The largest absolute Gasteiger partial charge is 0.379 e. The number of hydrogen-bond donors (Lipinski definition) is 1. The van der Waals surface area contributed by atoms with Crippen molar-refractivity contribution in [3.05, 3.63) is 35.6 Å². The van der Waals surface area contributed by atoms with Crippen LogP contribution in [0.5, 0.6) is 0 Å². The van der Waals surface area contributed by atoms with Gasteiger partial charge in [-0.2, -0.15) is 0 Å². The number of carbonyl (C=O) groups is 2. The van der Waals surface area contributed by atoms with Gasteiger partial charge in [0.25, 0.3) is 5.91 Å². The summed E-state index contributed by atoms with van der Waals surface area (Å²) in [5.41, 5.74) is -0.398. The maximum Gasteiger partial charge on any atom is 0.269 e. The SMILES string of the molecule is CC(C)NC(=O)[C@@H]1CCCN(C(=O)[C@]2(C)CC(c3ccccc3F)=NO2)C1. The van der Waals surface area contributed by atoms with E-state index in [4.69, 9.17) is 4.84 Å². The topological polar surface area (TPSA) is 71.0 Å². The minimum atomic E-state index is -1.17. The highest BCUT2D eigenvalue weighted by Gasteiger charge is 2.46. The van der Waals surface area contributed by atoms with E-state index in [2.05, 4.69) is 10.5 Å². The van der Waals surface area contributed by atoms with Crippen LogP contribution in [0.15, 0.2) is 29.4 Å². The first kappa shape index (κ1) is 19.3. The molecule has 1 fully saturated rings. The van der Waals surface area contributed by atoms with Gasteiger partial charge in [-0.15, -0.1) is 0 Å². The zero-order valence-corrected chi connectivity index (χ0v) is 16.0. The maximum atomic E-state index is 14.0. The van der Waals surface area contributed by atoms with Crippen LogP contribution < -0.4 is 5.32 Å². The molecule has 6 nitrogen and oxygen atoms in total. The summed E-state index contributed by atoms with van der Waals surface area (Å²) in [6.07, 6.45) is 1.72. The van der Waals surface area contributed by atoms with Gasteiger partial charge in [-0.3, -0.25) is 9.59 Å². The van der Waals surface area contributed by atoms with Crippen LogP contribution in [0.4, 0.5) is 4.39 Å². The second-order valence-corrected chi connectivity index (χ2v) is 7.77. The fourth-order valence-corrected chi connectivity index (χ4v) is 3.61. The van der Waals surface area contributed by atoms with E-state index in [1.807, 2.05) is 13.8 Å². The summed E-state index contributed by atoms with van der Waals surface area (Å²) in [6, 6.07) is 6.38. The van der Waals surface area contributed by atoms with Gasteiger partial charge in [-0.05, 0) is 39.7 Å². The van der Waals surface area contributed by atoms with Gasteiger partial charge >= 0.3 is 0 Å². The van der Waals surface area contributed by atoms with E-state index in [9.17, 15) is 14.0 Å². The third-order valence-electron chi connectivity index (χ3n) is 5.01. The number of piperidine rings is 1. The van der Waals surface area contributed by atoms with Crippen molar-refractivity contribution in [2.45, 2.75) is 51.7 Å². The number of nitrogens with zero attached hydrogens (tertiary/aromatic N) is 2. The smallest absolute Gasteiger partial charge is 0.269 e. The van der Waals surface area contributed by atoms with Crippen molar-refractivity contribution in [3.8, 4) is 0 Å². The molecule has 7 heteroatoms. The molecule has 2 amide bonds. The van der Waals surface area contributed by atoms with E-state index in [0.717, 1.165) is 12.8 Å². The van der Waals surface area contributed by atoms with Crippen LogP contribution in [0.25, 0.3) is 0 Å². The first-order valence-corrected chi connectivity index (χ1v) is 9.40. The van der Waals surface area contributed by atoms with Crippen molar-refractivity contribution in [1.29, 1.82) is 0 Å². The molecule has 0 aliphatic carbocycles. The van der Waals surface area contributed by atoms with Crippen molar-refractivity contribution < 1.29 is 18.8 Å². The van der Waals surface area contributed by atoms with Crippen LogP contribution in [0.1, 0.15) is 45.6 Å². The van der Waals surface area contributed by atoms with Crippen LogP contribution in [-0.2, 0) is 14.4 Å². The summed E-state index contributed by atoms with van der Waals surface area (Å²) in [7, 11) is 0. The lowest BCUT2D eigenvalue weighted by atomic mass is 9.91. The Bertz CT molecular complexity index is 765. The molecule has 1 saturated heterocycles. The lowest BCUT2D eigenvalue weighted by Crippen LogP contribution is -2.53. The second kappa shape index (κ2) is 7.66. The van der Waals surface area contributed by atoms with Gasteiger partial charge < -0.3 is 15.1 Å². The number of oxime groups is 1. The minimum Gasteiger partial charge on any atom is -0.379 e. The Balaban J connectivity index is 1.67. The standard InChI is InChI=1S/C20H26FN3O3/c1-13(2)22-18(25)14-7-6-10-24(12-14)19(26)20(3)11-17(23-27-20)15-8-4-5-9-16(15)21/h4-5,8-9,13-14H,6-7,10-12H2,1-3H3,(H,22,25)/t14-,20+/m1/s1. The summed E-state index contributed by atoms with van der Waals surface area (Å²) < 4.78 is 14.0. The Labute approximate surface area is 158 Å². The quantitative estimate of drug-likeness (QED) is 0.879. The second-order valence-electron chi connectivity index (χ2n) is 7.77. The monoisotopic (exact) mass is 375 g/mol. The van der Waals surface area contributed by atoms with Gasteiger partial charge in [0.05, 0.1) is 11.6 Å². The Morgan fingerprint density at radius 1 is 1.37 bits per heavy atom. The van der Waals surface area contributed by atoms with Gasteiger partial charge in [0.1, 0.15) is 5.82 Å². The van der Waals surface area contributed by atoms with Gasteiger partial charge in [-0.1, -0.05) is 23.4 Å². The third kappa shape index (κ3) is 4.12. The van der Waals surface area contributed by atoms with Gasteiger partial charge in [0, 0.05) is 31.1 Å². The molecule has 0 aromatic heterocycles. The highest BCUT2D eigenvalue weighted by molar-refractivity contribution is 6.05. The first-order chi connectivity index (χ1) is 12.8. The fraction of sp³-hybridized carbons (Fsp3) is 0.550. The lowest BCUT2D eigenvalue weighted by Gasteiger charge is -2.36. The first-order valence-electron chi connectivity index (χ1n) is 9.40. The number of benzene rings is 1. The molecule has 0 radical (unpaired) electrons. The number of halogens is 1. The molecular weight excluding hydrogens is 349 g/mol. The van der Waals surface area contributed by atoms with Crippen molar-refractivity contribution in [2.24, 2.45) is 11.1 Å². The summed E-state index contributed by atoms with van der Waals surface area (Å²) in [4.78, 5) is 32.5. The van der Waals surface area contributed by atoms with Crippen molar-refractivity contribution in [2.75, 3.05) is 13.1 Å². The van der Waals surface area contributed by atoms with Crippen LogP contribution in [0.3, 0.4) is 0 Å². The van der Waals surface area contributed by atoms with E-state index < -0.39 is 5.60 Å². The molecule has 2 aliphatic heterocycles. The molecule has 3 rings (SSSR count). The normalized spacial score (nSPS) is 25.1. The fourth-order valence-electron chi connectivity index (χ4n) is 3.61. The minimum absolute atomic E-state index is 0.0247. The van der Waals surface area contributed by atoms with Gasteiger partial charge in [0.2, 0.25) is 11.5 Å². The number of likely N-dealkylation sites (tertiary alicyclic amines) is 1. The molecule has 0 unspecified atom stereocenters. The van der Waals surface area contributed by atoms with Crippen LogP contribution in [-0.4, -0.2) is 47.2 Å². The highest BCUT2D eigenvalue weighted by Crippen LogP contribution is 2.31. The number of amides is 2. The molecule has 0 saturated carbocycles. The number of nitrogens with one attached hydrogen (secondary N) is 1. The summed E-state index contributed by atoms with van der Waals surface area (Å²) in [5.74, 6) is -0.843. The van der Waals surface area contributed by atoms with E-state index in [-0.39, 0.29) is 36.0 Å². The molecule has 146 valence electrons. The van der Waals surface area contributed by atoms with Crippen LogP contribution in [0.2, 0.25) is 0 Å². The molecule has 1 aromatic carbocycles. The predicted molar refractivity (Wildman–Crippen MR) is 99.6 cm³/mol. The Morgan fingerprint density at radius 2 is 2.11 bits per heavy atom. The molecule has 1 aromatic rings. The third-order valence-corrected chi connectivity index (χ3v) is 5.01. The van der Waals surface area contributed by atoms with Crippen LogP contribution >= 0.6 is 0 Å². The van der Waals surface area contributed by atoms with Crippen molar-refractivity contribution in [3.63, 3.8) is 0 Å². The zero-order valence-electron chi connectivity index (χ0n) is 16.0. The van der Waals surface area contributed by atoms with Crippen LogP contribution in [0, 0.1) is 11.7 Å². The molecule has 0 spiro atoms. The molecule has 1 N–H and O–H groups in total. The highest BCUT2D eigenvalue weighted by atomic mass is 19.1. The molecule has 2 heterocycles. The maximum absolute atomic E-state index is 14.0. The van der Waals surface area contributed by atoms with E-state index >= 15 is 0 Å². The zero-order chi connectivity index (χ0) is 19.6. The average molecular weight is 375 g/mol. The Morgan fingerprint density at radius 3 is 2.81 bits per heavy atom. The average Bonchev–Trinajstić information content (AvgIpc) is 3.04. The summed E-state index contributed by atoms with van der Waals surface area (Å²) in [6.45, 7) is 6.45. The molecular formula is C20H26FN3O3. The van der Waals surface area contributed by atoms with E-state index in [1.54, 1.807) is 30.0 Å². The number of rotatable bonds is 4. The van der Waals surface area contributed by atoms with Crippen molar-refractivity contribution >= 4 is 17.5 Å². The Hall–Kier alpha value is -2.44. The summed E-state index contributed by atoms with van der Waals surface area (Å²) in [5, 5.41) is 6.89.